The molecular weight excluding hydrogens is 318 g/mol. The molecule has 20 heavy (non-hydrogen) atoms. The fraction of sp³-hybridized carbons (Fsp3) is 0.667. The van der Waals surface area contributed by atoms with Crippen LogP contribution in [0.2, 0.25) is 0 Å². The van der Waals surface area contributed by atoms with Crippen LogP contribution in [0.5, 0.6) is 0 Å². The third-order valence-electron chi connectivity index (χ3n) is 3.46. The molecule has 0 aliphatic carbocycles. The van der Waals surface area contributed by atoms with E-state index in [0.29, 0.717) is 18.5 Å². The fourth-order valence-electron chi connectivity index (χ4n) is 2.39. The minimum atomic E-state index is -0.00310. The highest BCUT2D eigenvalue weighted by Gasteiger charge is 2.18. The zero-order chi connectivity index (χ0) is 15.3. The Labute approximate surface area is 130 Å². The van der Waals surface area contributed by atoms with Gasteiger partial charge in [-0.3, -0.25) is 4.79 Å². The number of carbonyl (C=O) groups excluding carboxylic acids is 1. The van der Waals surface area contributed by atoms with E-state index < -0.39 is 0 Å². The van der Waals surface area contributed by atoms with E-state index in [2.05, 4.69) is 46.9 Å². The van der Waals surface area contributed by atoms with Crippen molar-refractivity contribution < 1.29 is 4.79 Å². The summed E-state index contributed by atoms with van der Waals surface area (Å²) in [7, 11) is 4.10. The van der Waals surface area contributed by atoms with Crippen molar-refractivity contribution in [3.05, 3.63) is 22.4 Å². The minimum absolute atomic E-state index is 0.00310. The van der Waals surface area contributed by atoms with E-state index >= 15 is 0 Å². The van der Waals surface area contributed by atoms with Gasteiger partial charge >= 0.3 is 0 Å². The first-order valence-electron chi connectivity index (χ1n) is 7.17. The van der Waals surface area contributed by atoms with Gasteiger partial charge in [-0.2, -0.15) is 0 Å². The second-order valence-corrected chi connectivity index (χ2v) is 6.64. The summed E-state index contributed by atoms with van der Waals surface area (Å²) < 4.78 is 2.95. The predicted octanol–water partition coefficient (Wildman–Crippen LogP) is 2.98. The molecule has 0 aliphatic heterocycles. The number of likely N-dealkylation sites (N-methyl/N-ethyl adjacent to an activating group) is 1. The van der Waals surface area contributed by atoms with E-state index in [1.165, 1.54) is 0 Å². The average Bonchev–Trinajstić information content (AvgIpc) is 2.70. The Balaban J connectivity index is 2.71. The number of nitrogens with one attached hydrogen (secondary N) is 1. The summed E-state index contributed by atoms with van der Waals surface area (Å²) in [5, 5.41) is 3.05. The van der Waals surface area contributed by atoms with Crippen LogP contribution in [0.4, 0.5) is 0 Å². The molecule has 0 saturated heterocycles. The second kappa shape index (κ2) is 7.84. The van der Waals surface area contributed by atoms with E-state index in [1.807, 2.05) is 30.9 Å². The van der Waals surface area contributed by atoms with Gasteiger partial charge in [0, 0.05) is 29.8 Å². The zero-order valence-electron chi connectivity index (χ0n) is 13.1. The summed E-state index contributed by atoms with van der Waals surface area (Å²) in [6, 6.07) is 2.22. The molecular formula is C15H26BrN3O. The van der Waals surface area contributed by atoms with Crippen LogP contribution in [-0.2, 0) is 6.54 Å². The highest BCUT2D eigenvalue weighted by molar-refractivity contribution is 9.10. The smallest absolute Gasteiger partial charge is 0.268 e. The molecule has 1 rings (SSSR count). The van der Waals surface area contributed by atoms with Crippen molar-refractivity contribution in [2.24, 2.45) is 5.92 Å². The molecule has 0 bridgehead atoms. The highest BCUT2D eigenvalue weighted by Crippen LogP contribution is 2.16. The van der Waals surface area contributed by atoms with Crippen LogP contribution in [-0.4, -0.2) is 42.1 Å². The van der Waals surface area contributed by atoms with E-state index in [9.17, 15) is 4.79 Å². The summed E-state index contributed by atoms with van der Waals surface area (Å²) in [5.41, 5.74) is 0.722. The first kappa shape index (κ1) is 17.2. The molecule has 4 nitrogen and oxygen atoms in total. The van der Waals surface area contributed by atoms with Gasteiger partial charge in [0.1, 0.15) is 5.69 Å². The van der Waals surface area contributed by atoms with Crippen molar-refractivity contribution in [1.82, 2.24) is 14.8 Å². The average molecular weight is 344 g/mol. The molecule has 1 N–H and O–H groups in total. The van der Waals surface area contributed by atoms with Crippen molar-refractivity contribution in [2.45, 2.75) is 39.8 Å². The van der Waals surface area contributed by atoms with Crippen molar-refractivity contribution in [1.29, 1.82) is 0 Å². The predicted molar refractivity (Wildman–Crippen MR) is 87.1 cm³/mol. The van der Waals surface area contributed by atoms with Crippen molar-refractivity contribution in [2.75, 3.05) is 20.6 Å². The van der Waals surface area contributed by atoms with Gasteiger partial charge in [0.25, 0.3) is 5.91 Å². The Hall–Kier alpha value is -0.810. The maximum atomic E-state index is 12.3. The number of hydrogen-bond donors (Lipinski definition) is 1. The van der Waals surface area contributed by atoms with Crippen LogP contribution in [0, 0.1) is 5.92 Å². The lowest BCUT2D eigenvalue weighted by molar-refractivity contribution is 0.0925. The number of carbonyl (C=O) groups is 1. The molecule has 1 aromatic rings. The monoisotopic (exact) mass is 343 g/mol. The SMILES string of the molecule is CCCn1cc(Br)cc1C(=O)NCC(C(C)C)N(C)C. The lowest BCUT2D eigenvalue weighted by Crippen LogP contribution is -2.43. The number of hydrogen-bond acceptors (Lipinski definition) is 2. The van der Waals surface area contributed by atoms with Crippen molar-refractivity contribution in [3.8, 4) is 0 Å². The first-order valence-corrected chi connectivity index (χ1v) is 7.96. The number of amides is 1. The van der Waals surface area contributed by atoms with Crippen LogP contribution in [0.3, 0.4) is 0 Å². The molecule has 114 valence electrons. The highest BCUT2D eigenvalue weighted by atomic mass is 79.9. The maximum Gasteiger partial charge on any atom is 0.268 e. The molecule has 0 spiro atoms. The van der Waals surface area contributed by atoms with Crippen LogP contribution >= 0.6 is 15.9 Å². The van der Waals surface area contributed by atoms with Crippen LogP contribution in [0.25, 0.3) is 0 Å². The van der Waals surface area contributed by atoms with Crippen molar-refractivity contribution >= 4 is 21.8 Å². The Bertz CT molecular complexity index is 432. The van der Waals surface area contributed by atoms with Gasteiger partial charge in [0.15, 0.2) is 0 Å². The molecule has 1 aromatic heterocycles. The molecule has 0 fully saturated rings. The number of aryl methyl sites for hydroxylation is 1. The Kier molecular flexibility index (Phi) is 6.76. The standard InChI is InChI=1S/C15H26BrN3O/c1-6-7-19-10-12(16)8-13(19)15(20)17-9-14(11(2)3)18(4)5/h8,10-11,14H,6-7,9H2,1-5H3,(H,17,20). The third kappa shape index (κ3) is 4.63. The summed E-state index contributed by atoms with van der Waals surface area (Å²) in [6.07, 6.45) is 2.97. The quantitative estimate of drug-likeness (QED) is 0.826. The van der Waals surface area contributed by atoms with Gasteiger partial charge in [0.2, 0.25) is 0 Å². The summed E-state index contributed by atoms with van der Waals surface area (Å²) in [6.45, 7) is 7.98. The lowest BCUT2D eigenvalue weighted by Gasteiger charge is -2.28. The molecule has 0 radical (unpaired) electrons. The maximum absolute atomic E-state index is 12.3. The van der Waals surface area contributed by atoms with Gasteiger partial charge in [-0.15, -0.1) is 0 Å². The van der Waals surface area contributed by atoms with Crippen LogP contribution in [0.15, 0.2) is 16.7 Å². The number of rotatable bonds is 7. The Morgan fingerprint density at radius 2 is 2.10 bits per heavy atom. The first-order chi connectivity index (χ1) is 9.36. The topological polar surface area (TPSA) is 37.3 Å². The summed E-state index contributed by atoms with van der Waals surface area (Å²) >= 11 is 3.44. The third-order valence-corrected chi connectivity index (χ3v) is 3.90. The second-order valence-electron chi connectivity index (χ2n) is 5.72. The molecule has 1 amide bonds. The number of nitrogens with zero attached hydrogens (tertiary/aromatic N) is 2. The largest absolute Gasteiger partial charge is 0.349 e. The normalized spacial score (nSPS) is 13.0. The van der Waals surface area contributed by atoms with Crippen molar-refractivity contribution in [3.63, 3.8) is 0 Å². The zero-order valence-corrected chi connectivity index (χ0v) is 14.7. The minimum Gasteiger partial charge on any atom is -0.349 e. The fourth-order valence-corrected chi connectivity index (χ4v) is 2.86. The number of aromatic nitrogens is 1. The molecule has 1 atom stereocenters. The van der Waals surface area contributed by atoms with Gasteiger partial charge < -0.3 is 14.8 Å². The van der Waals surface area contributed by atoms with Gasteiger partial charge in [-0.1, -0.05) is 20.8 Å². The molecule has 5 heteroatoms. The van der Waals surface area contributed by atoms with Crippen LogP contribution in [0.1, 0.15) is 37.7 Å². The summed E-state index contributed by atoms with van der Waals surface area (Å²) in [5.74, 6) is 0.496. The van der Waals surface area contributed by atoms with Crippen LogP contribution < -0.4 is 5.32 Å². The summed E-state index contributed by atoms with van der Waals surface area (Å²) in [4.78, 5) is 14.5. The number of halogens is 1. The van der Waals surface area contributed by atoms with Gasteiger partial charge in [-0.25, -0.2) is 0 Å². The molecule has 0 saturated carbocycles. The van der Waals surface area contributed by atoms with E-state index in [0.717, 1.165) is 23.1 Å². The molecule has 1 unspecified atom stereocenters. The molecule has 0 aromatic carbocycles. The van der Waals surface area contributed by atoms with E-state index in [4.69, 9.17) is 0 Å². The molecule has 1 heterocycles. The van der Waals surface area contributed by atoms with Gasteiger partial charge in [0.05, 0.1) is 0 Å². The molecule has 0 aliphatic rings. The van der Waals surface area contributed by atoms with Gasteiger partial charge in [-0.05, 0) is 48.4 Å². The van der Waals surface area contributed by atoms with E-state index in [-0.39, 0.29) is 5.91 Å². The lowest BCUT2D eigenvalue weighted by atomic mass is 10.0. The Morgan fingerprint density at radius 3 is 2.60 bits per heavy atom. The van der Waals surface area contributed by atoms with E-state index in [1.54, 1.807) is 0 Å². The Morgan fingerprint density at radius 1 is 1.45 bits per heavy atom.